The number of benzene rings is 2. The molecule has 8 heteroatoms. The third-order valence-corrected chi connectivity index (χ3v) is 4.30. The fourth-order valence-corrected chi connectivity index (χ4v) is 2.63. The lowest BCUT2D eigenvalue weighted by Gasteiger charge is -2.22. The number of amides is 3. The Morgan fingerprint density at radius 2 is 1.67 bits per heavy atom. The number of hydrogen-bond acceptors (Lipinski definition) is 4. The topological polar surface area (TPSA) is 87.7 Å². The van der Waals surface area contributed by atoms with Crippen LogP contribution in [-0.4, -0.2) is 56.0 Å². The molecule has 0 fully saturated rings. The first-order valence-electron chi connectivity index (χ1n) is 9.51. The van der Waals surface area contributed by atoms with Crippen LogP contribution in [0.1, 0.15) is 11.1 Å². The molecule has 2 aromatic rings. The highest BCUT2D eigenvalue weighted by atomic mass is 19.1. The molecule has 0 saturated heterocycles. The Balaban J connectivity index is 1.85. The van der Waals surface area contributed by atoms with E-state index >= 15 is 0 Å². The quantitative estimate of drug-likeness (QED) is 0.621. The summed E-state index contributed by atoms with van der Waals surface area (Å²) < 4.78 is 18.0. The molecule has 0 aliphatic heterocycles. The lowest BCUT2D eigenvalue weighted by atomic mass is 10.1. The maximum absolute atomic E-state index is 13.0. The van der Waals surface area contributed by atoms with Crippen LogP contribution in [0.4, 0.5) is 10.1 Å². The first-order chi connectivity index (χ1) is 14.4. The van der Waals surface area contributed by atoms with Gasteiger partial charge in [-0.2, -0.15) is 0 Å². The van der Waals surface area contributed by atoms with Gasteiger partial charge in [-0.05, 0) is 36.8 Å². The zero-order valence-electron chi connectivity index (χ0n) is 17.1. The molecule has 0 aromatic heterocycles. The van der Waals surface area contributed by atoms with Crippen LogP contribution in [0.25, 0.3) is 0 Å². The van der Waals surface area contributed by atoms with Crippen LogP contribution < -0.4 is 10.6 Å². The minimum absolute atomic E-state index is 0.0329. The molecule has 0 atom stereocenters. The second-order valence-corrected chi connectivity index (χ2v) is 6.80. The van der Waals surface area contributed by atoms with E-state index in [4.69, 9.17) is 4.74 Å². The molecule has 2 rings (SSSR count). The number of carbonyl (C=O) groups excluding carboxylic acids is 3. The SMILES string of the molecule is COCCN(CC(=O)NCC(=O)Nc1ccc(C)cc1)C(=O)Cc1ccc(F)cc1. The van der Waals surface area contributed by atoms with Crippen molar-refractivity contribution in [2.75, 3.05) is 38.7 Å². The molecule has 0 aliphatic carbocycles. The van der Waals surface area contributed by atoms with E-state index in [2.05, 4.69) is 10.6 Å². The zero-order valence-corrected chi connectivity index (χ0v) is 17.1. The molecular weight excluding hydrogens is 389 g/mol. The number of carbonyl (C=O) groups is 3. The summed E-state index contributed by atoms with van der Waals surface area (Å²) >= 11 is 0. The minimum atomic E-state index is -0.461. The summed E-state index contributed by atoms with van der Waals surface area (Å²) in [5.41, 5.74) is 2.35. The summed E-state index contributed by atoms with van der Waals surface area (Å²) in [7, 11) is 1.50. The summed E-state index contributed by atoms with van der Waals surface area (Å²) in [6, 6.07) is 12.9. The first-order valence-corrected chi connectivity index (χ1v) is 9.51. The van der Waals surface area contributed by atoms with Crippen LogP contribution in [0.3, 0.4) is 0 Å². The monoisotopic (exact) mass is 415 g/mol. The number of ether oxygens (including phenoxy) is 1. The second kappa shape index (κ2) is 11.7. The Bertz CT molecular complexity index is 854. The van der Waals surface area contributed by atoms with Crippen molar-refractivity contribution in [1.29, 1.82) is 0 Å². The van der Waals surface area contributed by atoms with Gasteiger partial charge in [0.25, 0.3) is 0 Å². The number of hydrogen-bond donors (Lipinski definition) is 2. The Kier molecular flexibility index (Phi) is 8.96. The molecular formula is C22H26FN3O4. The summed E-state index contributed by atoms with van der Waals surface area (Å²) in [5, 5.41) is 5.20. The summed E-state index contributed by atoms with van der Waals surface area (Å²) in [5.74, 6) is -1.51. The van der Waals surface area contributed by atoms with Crippen LogP contribution >= 0.6 is 0 Å². The molecule has 0 spiro atoms. The van der Waals surface area contributed by atoms with E-state index in [1.165, 1.54) is 36.3 Å². The molecule has 0 saturated carbocycles. The maximum atomic E-state index is 13.0. The van der Waals surface area contributed by atoms with Gasteiger partial charge < -0.3 is 20.3 Å². The Morgan fingerprint density at radius 1 is 1.00 bits per heavy atom. The molecule has 0 heterocycles. The number of aryl methyl sites for hydroxylation is 1. The van der Waals surface area contributed by atoms with Gasteiger partial charge in [-0.25, -0.2) is 4.39 Å². The highest BCUT2D eigenvalue weighted by Crippen LogP contribution is 2.08. The lowest BCUT2D eigenvalue weighted by Crippen LogP contribution is -2.44. The average Bonchev–Trinajstić information content (AvgIpc) is 2.73. The molecule has 0 aliphatic rings. The molecule has 0 unspecified atom stereocenters. The van der Waals surface area contributed by atoms with Crippen molar-refractivity contribution in [3.05, 3.63) is 65.5 Å². The van der Waals surface area contributed by atoms with Gasteiger partial charge in [-0.1, -0.05) is 29.8 Å². The van der Waals surface area contributed by atoms with Crippen molar-refractivity contribution in [3.63, 3.8) is 0 Å². The number of anilines is 1. The predicted molar refractivity (Wildman–Crippen MR) is 111 cm³/mol. The van der Waals surface area contributed by atoms with Crippen LogP contribution in [-0.2, 0) is 25.5 Å². The summed E-state index contributed by atoms with van der Waals surface area (Å²) in [6.07, 6.45) is 0.0329. The number of nitrogens with one attached hydrogen (secondary N) is 2. The third-order valence-electron chi connectivity index (χ3n) is 4.30. The van der Waals surface area contributed by atoms with Crippen molar-refractivity contribution in [3.8, 4) is 0 Å². The van der Waals surface area contributed by atoms with Gasteiger partial charge in [-0.15, -0.1) is 0 Å². The van der Waals surface area contributed by atoms with E-state index in [9.17, 15) is 18.8 Å². The molecule has 2 N–H and O–H groups in total. The van der Waals surface area contributed by atoms with E-state index < -0.39 is 5.91 Å². The fourth-order valence-electron chi connectivity index (χ4n) is 2.63. The average molecular weight is 415 g/mol. The maximum Gasteiger partial charge on any atom is 0.243 e. The van der Waals surface area contributed by atoms with Crippen molar-refractivity contribution in [2.24, 2.45) is 0 Å². The van der Waals surface area contributed by atoms with Crippen LogP contribution in [0.5, 0.6) is 0 Å². The molecule has 30 heavy (non-hydrogen) atoms. The molecule has 0 radical (unpaired) electrons. The van der Waals surface area contributed by atoms with Crippen LogP contribution in [0.2, 0.25) is 0 Å². The molecule has 2 aromatic carbocycles. The van der Waals surface area contributed by atoms with E-state index in [1.807, 2.05) is 19.1 Å². The van der Waals surface area contributed by atoms with Gasteiger partial charge >= 0.3 is 0 Å². The highest BCUT2D eigenvalue weighted by Gasteiger charge is 2.18. The number of methoxy groups -OCH3 is 1. The van der Waals surface area contributed by atoms with Crippen molar-refractivity contribution in [2.45, 2.75) is 13.3 Å². The zero-order chi connectivity index (χ0) is 21.9. The van der Waals surface area contributed by atoms with Gasteiger partial charge in [-0.3, -0.25) is 14.4 Å². The van der Waals surface area contributed by atoms with E-state index in [-0.39, 0.29) is 50.3 Å². The third kappa shape index (κ3) is 8.00. The minimum Gasteiger partial charge on any atom is -0.383 e. The van der Waals surface area contributed by atoms with Gasteiger partial charge in [0.2, 0.25) is 17.7 Å². The van der Waals surface area contributed by atoms with Crippen molar-refractivity contribution in [1.82, 2.24) is 10.2 Å². The second-order valence-electron chi connectivity index (χ2n) is 6.80. The Hall–Kier alpha value is -3.26. The van der Waals surface area contributed by atoms with E-state index in [0.717, 1.165) is 5.56 Å². The normalized spacial score (nSPS) is 10.4. The largest absolute Gasteiger partial charge is 0.383 e. The van der Waals surface area contributed by atoms with Gasteiger partial charge in [0.15, 0.2) is 0 Å². The van der Waals surface area contributed by atoms with E-state index in [1.54, 1.807) is 12.1 Å². The smallest absolute Gasteiger partial charge is 0.243 e. The van der Waals surface area contributed by atoms with Gasteiger partial charge in [0, 0.05) is 19.3 Å². The Morgan fingerprint density at radius 3 is 2.30 bits per heavy atom. The number of nitrogens with zero attached hydrogens (tertiary/aromatic N) is 1. The lowest BCUT2D eigenvalue weighted by molar-refractivity contribution is -0.136. The van der Waals surface area contributed by atoms with Crippen molar-refractivity contribution >= 4 is 23.4 Å². The fraction of sp³-hybridized carbons (Fsp3) is 0.318. The highest BCUT2D eigenvalue weighted by molar-refractivity contribution is 5.95. The molecule has 160 valence electrons. The van der Waals surface area contributed by atoms with E-state index in [0.29, 0.717) is 11.3 Å². The summed E-state index contributed by atoms with van der Waals surface area (Å²) in [4.78, 5) is 38.2. The van der Waals surface area contributed by atoms with Crippen molar-refractivity contribution < 1.29 is 23.5 Å². The standard InChI is InChI=1S/C22H26FN3O4/c1-16-3-9-19(10-4-16)25-20(27)14-24-21(28)15-26(11-12-30-2)22(29)13-17-5-7-18(23)8-6-17/h3-10H,11-15H2,1-2H3,(H,24,28)(H,25,27). The van der Waals surface area contributed by atoms with Crippen LogP contribution in [0.15, 0.2) is 48.5 Å². The van der Waals surface area contributed by atoms with Gasteiger partial charge in [0.05, 0.1) is 26.1 Å². The molecule has 7 nitrogen and oxygen atoms in total. The molecule has 0 bridgehead atoms. The number of halogens is 1. The van der Waals surface area contributed by atoms with Crippen LogP contribution in [0, 0.1) is 12.7 Å². The van der Waals surface area contributed by atoms with Gasteiger partial charge in [0.1, 0.15) is 5.82 Å². The number of rotatable bonds is 10. The molecule has 3 amide bonds. The summed E-state index contributed by atoms with van der Waals surface area (Å²) in [6.45, 7) is 2.01. The first kappa shape index (κ1) is 23.0. The Labute approximate surface area is 175 Å². The predicted octanol–water partition coefficient (Wildman–Crippen LogP) is 1.91.